The van der Waals surface area contributed by atoms with E-state index < -0.39 is 0 Å². The van der Waals surface area contributed by atoms with Crippen molar-refractivity contribution in [3.63, 3.8) is 0 Å². The highest BCUT2D eigenvalue weighted by Crippen LogP contribution is 2.37. The summed E-state index contributed by atoms with van der Waals surface area (Å²) < 4.78 is 21.2. The SMILES string of the molecule is COc1cc(C=NN2CCOCC2)cc(OC)c1OC. The Balaban J connectivity index is 2.20. The Kier molecular flexibility index (Phi) is 5.06. The molecular weight excluding hydrogens is 260 g/mol. The van der Waals surface area contributed by atoms with E-state index in [4.69, 9.17) is 18.9 Å². The maximum absolute atomic E-state index is 5.31. The van der Waals surface area contributed by atoms with Crippen molar-refractivity contribution in [2.24, 2.45) is 5.10 Å². The summed E-state index contributed by atoms with van der Waals surface area (Å²) in [6.45, 7) is 3.04. The first-order valence-corrected chi connectivity index (χ1v) is 6.45. The molecule has 0 amide bonds. The van der Waals surface area contributed by atoms with Crippen LogP contribution in [0.2, 0.25) is 0 Å². The van der Waals surface area contributed by atoms with Gasteiger partial charge in [-0.2, -0.15) is 5.10 Å². The van der Waals surface area contributed by atoms with Gasteiger partial charge >= 0.3 is 0 Å². The highest BCUT2D eigenvalue weighted by Gasteiger charge is 2.13. The lowest BCUT2D eigenvalue weighted by Crippen LogP contribution is -2.32. The van der Waals surface area contributed by atoms with E-state index in [9.17, 15) is 0 Å². The maximum Gasteiger partial charge on any atom is 0.203 e. The molecular formula is C14H20N2O4. The number of morpholine rings is 1. The zero-order valence-electron chi connectivity index (χ0n) is 12.1. The molecule has 0 spiro atoms. The maximum atomic E-state index is 5.31. The van der Waals surface area contributed by atoms with Crippen LogP contribution in [-0.4, -0.2) is 58.9 Å². The van der Waals surface area contributed by atoms with Gasteiger partial charge in [-0.3, -0.25) is 5.01 Å². The van der Waals surface area contributed by atoms with E-state index in [-0.39, 0.29) is 0 Å². The van der Waals surface area contributed by atoms with Gasteiger partial charge in [0.1, 0.15) is 0 Å². The Bertz CT molecular complexity index is 445. The van der Waals surface area contributed by atoms with Crippen LogP contribution in [0, 0.1) is 0 Å². The summed E-state index contributed by atoms with van der Waals surface area (Å²) in [7, 11) is 4.78. The van der Waals surface area contributed by atoms with Crippen molar-refractivity contribution < 1.29 is 18.9 Å². The van der Waals surface area contributed by atoms with Gasteiger partial charge in [0.05, 0.1) is 53.8 Å². The number of hydrazone groups is 1. The summed E-state index contributed by atoms with van der Waals surface area (Å²) in [6.07, 6.45) is 1.79. The Hall–Kier alpha value is -1.95. The van der Waals surface area contributed by atoms with Gasteiger partial charge in [0.15, 0.2) is 11.5 Å². The molecule has 1 saturated heterocycles. The zero-order chi connectivity index (χ0) is 14.4. The average Bonchev–Trinajstić information content (AvgIpc) is 2.52. The lowest BCUT2D eigenvalue weighted by Gasteiger charge is -2.23. The second-order valence-electron chi connectivity index (χ2n) is 4.27. The molecule has 0 saturated carbocycles. The number of nitrogens with zero attached hydrogens (tertiary/aromatic N) is 2. The topological polar surface area (TPSA) is 52.5 Å². The smallest absolute Gasteiger partial charge is 0.203 e. The third kappa shape index (κ3) is 3.33. The molecule has 0 aliphatic carbocycles. The molecule has 0 unspecified atom stereocenters. The van der Waals surface area contributed by atoms with Crippen molar-refractivity contribution in [3.05, 3.63) is 17.7 Å². The quantitative estimate of drug-likeness (QED) is 0.763. The van der Waals surface area contributed by atoms with Crippen molar-refractivity contribution in [1.82, 2.24) is 5.01 Å². The molecule has 1 aromatic carbocycles. The lowest BCUT2D eigenvalue weighted by atomic mass is 10.2. The fourth-order valence-electron chi connectivity index (χ4n) is 1.99. The van der Waals surface area contributed by atoms with E-state index in [1.165, 1.54) is 0 Å². The first kappa shape index (κ1) is 14.5. The van der Waals surface area contributed by atoms with E-state index in [0.717, 1.165) is 18.7 Å². The third-order valence-corrected chi connectivity index (χ3v) is 3.04. The molecule has 1 fully saturated rings. The van der Waals surface area contributed by atoms with Gasteiger partial charge in [-0.15, -0.1) is 0 Å². The lowest BCUT2D eigenvalue weighted by molar-refractivity contribution is 0.0397. The Morgan fingerprint density at radius 3 is 2.15 bits per heavy atom. The van der Waals surface area contributed by atoms with Crippen LogP contribution in [0.3, 0.4) is 0 Å². The highest BCUT2D eigenvalue weighted by atomic mass is 16.5. The van der Waals surface area contributed by atoms with Crippen molar-refractivity contribution in [1.29, 1.82) is 0 Å². The van der Waals surface area contributed by atoms with E-state index in [0.29, 0.717) is 30.5 Å². The number of hydrogen-bond donors (Lipinski definition) is 0. The summed E-state index contributed by atoms with van der Waals surface area (Å²) in [4.78, 5) is 0. The van der Waals surface area contributed by atoms with E-state index >= 15 is 0 Å². The standard InChI is InChI=1S/C14H20N2O4/c1-17-12-8-11(9-13(18-2)14(12)19-3)10-15-16-4-6-20-7-5-16/h8-10H,4-7H2,1-3H3. The Labute approximate surface area is 118 Å². The van der Waals surface area contributed by atoms with Crippen LogP contribution in [0.4, 0.5) is 0 Å². The minimum atomic E-state index is 0.582. The molecule has 0 radical (unpaired) electrons. The van der Waals surface area contributed by atoms with Gasteiger partial charge in [-0.05, 0) is 12.1 Å². The first-order chi connectivity index (χ1) is 9.78. The molecule has 1 aliphatic rings. The summed E-state index contributed by atoms with van der Waals surface area (Å²) >= 11 is 0. The van der Waals surface area contributed by atoms with Crippen LogP contribution in [0.5, 0.6) is 17.2 Å². The van der Waals surface area contributed by atoms with Crippen molar-refractivity contribution in [3.8, 4) is 17.2 Å². The fraction of sp³-hybridized carbons (Fsp3) is 0.500. The molecule has 1 aromatic rings. The normalized spacial score (nSPS) is 15.4. The molecule has 6 nitrogen and oxygen atoms in total. The van der Waals surface area contributed by atoms with Gasteiger partial charge in [-0.25, -0.2) is 0 Å². The van der Waals surface area contributed by atoms with E-state index in [2.05, 4.69) is 5.10 Å². The molecule has 0 aromatic heterocycles. The van der Waals surface area contributed by atoms with Crippen LogP contribution >= 0.6 is 0 Å². The molecule has 1 heterocycles. The van der Waals surface area contributed by atoms with Gasteiger partial charge in [0.2, 0.25) is 5.75 Å². The molecule has 20 heavy (non-hydrogen) atoms. The molecule has 6 heteroatoms. The average molecular weight is 280 g/mol. The molecule has 1 aliphatic heterocycles. The number of methoxy groups -OCH3 is 3. The largest absolute Gasteiger partial charge is 0.493 e. The van der Waals surface area contributed by atoms with Gasteiger partial charge in [-0.1, -0.05) is 0 Å². The molecule has 0 N–H and O–H groups in total. The second-order valence-corrected chi connectivity index (χ2v) is 4.27. The number of rotatable bonds is 5. The van der Waals surface area contributed by atoms with Crippen LogP contribution in [-0.2, 0) is 4.74 Å². The number of hydrogen-bond acceptors (Lipinski definition) is 6. The van der Waals surface area contributed by atoms with Crippen LogP contribution in [0.1, 0.15) is 5.56 Å². The van der Waals surface area contributed by atoms with Crippen LogP contribution in [0.25, 0.3) is 0 Å². The fourth-order valence-corrected chi connectivity index (χ4v) is 1.99. The summed E-state index contributed by atoms with van der Waals surface area (Å²) in [5.41, 5.74) is 0.894. The first-order valence-electron chi connectivity index (χ1n) is 6.45. The Morgan fingerprint density at radius 1 is 1.05 bits per heavy atom. The molecule has 2 rings (SSSR count). The van der Waals surface area contributed by atoms with Gasteiger partial charge in [0, 0.05) is 5.56 Å². The third-order valence-electron chi connectivity index (χ3n) is 3.04. The summed E-state index contributed by atoms with van der Waals surface area (Å²) in [5.74, 6) is 1.82. The molecule has 110 valence electrons. The predicted octanol–water partition coefficient (Wildman–Crippen LogP) is 1.38. The predicted molar refractivity (Wildman–Crippen MR) is 76.1 cm³/mol. The van der Waals surface area contributed by atoms with Crippen LogP contribution < -0.4 is 14.2 Å². The summed E-state index contributed by atoms with van der Waals surface area (Å²) in [5, 5.41) is 6.41. The van der Waals surface area contributed by atoms with E-state index in [1.54, 1.807) is 27.5 Å². The molecule has 0 atom stereocenters. The monoisotopic (exact) mass is 280 g/mol. The summed E-state index contributed by atoms with van der Waals surface area (Å²) in [6, 6.07) is 3.73. The van der Waals surface area contributed by atoms with Crippen molar-refractivity contribution >= 4 is 6.21 Å². The van der Waals surface area contributed by atoms with Gasteiger partial charge < -0.3 is 18.9 Å². The highest BCUT2D eigenvalue weighted by molar-refractivity contribution is 5.82. The molecule has 0 bridgehead atoms. The van der Waals surface area contributed by atoms with Crippen molar-refractivity contribution in [2.45, 2.75) is 0 Å². The van der Waals surface area contributed by atoms with Gasteiger partial charge in [0.25, 0.3) is 0 Å². The number of benzene rings is 1. The number of ether oxygens (including phenoxy) is 4. The second kappa shape index (κ2) is 7.00. The minimum absolute atomic E-state index is 0.582. The zero-order valence-corrected chi connectivity index (χ0v) is 12.1. The van der Waals surface area contributed by atoms with Crippen molar-refractivity contribution in [2.75, 3.05) is 47.6 Å². The van der Waals surface area contributed by atoms with E-state index in [1.807, 2.05) is 17.1 Å². The Morgan fingerprint density at radius 2 is 1.65 bits per heavy atom. The van der Waals surface area contributed by atoms with Crippen LogP contribution in [0.15, 0.2) is 17.2 Å². The minimum Gasteiger partial charge on any atom is -0.493 e.